The SMILES string of the molecule is CCc1cc2c(C)c[nH]c2cc1F. The summed E-state index contributed by atoms with van der Waals surface area (Å²) in [4.78, 5) is 3.04. The monoisotopic (exact) mass is 177 g/mol. The fourth-order valence-electron chi connectivity index (χ4n) is 1.60. The molecule has 68 valence electrons. The maximum absolute atomic E-state index is 13.3. The highest BCUT2D eigenvalue weighted by Crippen LogP contribution is 2.21. The van der Waals surface area contributed by atoms with Gasteiger partial charge in [-0.25, -0.2) is 4.39 Å². The number of aromatic nitrogens is 1. The summed E-state index contributed by atoms with van der Waals surface area (Å²) in [6.07, 6.45) is 2.65. The van der Waals surface area contributed by atoms with Crippen LogP contribution in [0, 0.1) is 12.7 Å². The van der Waals surface area contributed by atoms with Crippen molar-refractivity contribution in [2.75, 3.05) is 0 Å². The van der Waals surface area contributed by atoms with Crippen LogP contribution in [0.3, 0.4) is 0 Å². The van der Waals surface area contributed by atoms with E-state index in [1.165, 1.54) is 5.56 Å². The van der Waals surface area contributed by atoms with Crippen LogP contribution in [0.2, 0.25) is 0 Å². The first-order chi connectivity index (χ1) is 6.22. The number of aryl methyl sites for hydroxylation is 2. The summed E-state index contributed by atoms with van der Waals surface area (Å²) in [7, 11) is 0. The lowest BCUT2D eigenvalue weighted by Gasteiger charge is -2.00. The van der Waals surface area contributed by atoms with Gasteiger partial charge in [0.2, 0.25) is 0 Å². The van der Waals surface area contributed by atoms with E-state index in [0.29, 0.717) is 0 Å². The normalized spacial score (nSPS) is 11.0. The quantitative estimate of drug-likeness (QED) is 0.688. The molecular weight excluding hydrogens is 165 g/mol. The summed E-state index contributed by atoms with van der Waals surface area (Å²) in [6.45, 7) is 3.99. The molecule has 0 unspecified atom stereocenters. The van der Waals surface area contributed by atoms with Crippen molar-refractivity contribution in [3.63, 3.8) is 0 Å². The Hall–Kier alpha value is -1.31. The Morgan fingerprint density at radius 2 is 2.15 bits per heavy atom. The van der Waals surface area contributed by atoms with Crippen molar-refractivity contribution in [1.29, 1.82) is 0 Å². The third-order valence-corrected chi connectivity index (χ3v) is 2.44. The average Bonchev–Trinajstić information content (AvgIpc) is 2.46. The smallest absolute Gasteiger partial charge is 0.128 e. The lowest BCUT2D eigenvalue weighted by atomic mass is 10.1. The molecule has 2 rings (SSSR count). The molecule has 1 heterocycles. The van der Waals surface area contributed by atoms with Crippen molar-refractivity contribution in [3.05, 3.63) is 35.3 Å². The van der Waals surface area contributed by atoms with Gasteiger partial charge < -0.3 is 4.98 Å². The van der Waals surface area contributed by atoms with Crippen molar-refractivity contribution < 1.29 is 4.39 Å². The summed E-state index contributed by atoms with van der Waals surface area (Å²) < 4.78 is 13.3. The molecule has 0 atom stereocenters. The Morgan fingerprint density at radius 1 is 1.38 bits per heavy atom. The first kappa shape index (κ1) is 8.30. The molecule has 0 aliphatic carbocycles. The molecule has 2 heteroatoms. The van der Waals surface area contributed by atoms with Crippen LogP contribution in [0.15, 0.2) is 18.3 Å². The van der Waals surface area contributed by atoms with Gasteiger partial charge in [0.25, 0.3) is 0 Å². The molecule has 1 aromatic heterocycles. The lowest BCUT2D eigenvalue weighted by Crippen LogP contribution is -1.87. The molecule has 0 fully saturated rings. The topological polar surface area (TPSA) is 15.8 Å². The van der Waals surface area contributed by atoms with Gasteiger partial charge in [-0.05, 0) is 36.6 Å². The largest absolute Gasteiger partial charge is 0.361 e. The molecule has 1 nitrogen and oxygen atoms in total. The van der Waals surface area contributed by atoms with Crippen LogP contribution in [0.5, 0.6) is 0 Å². The van der Waals surface area contributed by atoms with Crippen LogP contribution in [-0.4, -0.2) is 4.98 Å². The lowest BCUT2D eigenvalue weighted by molar-refractivity contribution is 0.614. The molecule has 1 N–H and O–H groups in total. The minimum atomic E-state index is -0.114. The zero-order valence-corrected chi connectivity index (χ0v) is 7.82. The van der Waals surface area contributed by atoms with Gasteiger partial charge in [-0.3, -0.25) is 0 Å². The Bertz CT molecular complexity index is 443. The number of hydrogen-bond acceptors (Lipinski definition) is 0. The molecule has 0 radical (unpaired) electrons. The number of benzene rings is 1. The van der Waals surface area contributed by atoms with Gasteiger partial charge in [-0.15, -0.1) is 0 Å². The molecular formula is C11H12FN. The maximum Gasteiger partial charge on any atom is 0.128 e. The summed E-state index contributed by atoms with van der Waals surface area (Å²) in [5.41, 5.74) is 2.84. The number of aromatic amines is 1. The summed E-state index contributed by atoms with van der Waals surface area (Å²) in [5.74, 6) is -0.114. The van der Waals surface area contributed by atoms with Gasteiger partial charge in [0.05, 0.1) is 0 Å². The summed E-state index contributed by atoms with van der Waals surface area (Å²) in [6, 6.07) is 3.50. The van der Waals surface area contributed by atoms with Crippen LogP contribution < -0.4 is 0 Å². The zero-order chi connectivity index (χ0) is 9.42. The number of rotatable bonds is 1. The van der Waals surface area contributed by atoms with Crippen LogP contribution in [0.25, 0.3) is 10.9 Å². The van der Waals surface area contributed by atoms with Gasteiger partial charge in [0.1, 0.15) is 5.82 Å². The zero-order valence-electron chi connectivity index (χ0n) is 7.82. The average molecular weight is 177 g/mol. The maximum atomic E-state index is 13.3. The highest BCUT2D eigenvalue weighted by atomic mass is 19.1. The molecule has 2 aromatic rings. The molecule has 0 saturated heterocycles. The third kappa shape index (κ3) is 1.22. The standard InChI is InChI=1S/C11H12FN/c1-3-8-4-9-7(2)6-13-11(9)5-10(8)12/h4-6,13H,3H2,1-2H3. The molecule has 0 spiro atoms. The van der Waals surface area contributed by atoms with E-state index in [2.05, 4.69) is 4.98 Å². The van der Waals surface area contributed by atoms with E-state index >= 15 is 0 Å². The first-order valence-electron chi connectivity index (χ1n) is 4.48. The van der Waals surface area contributed by atoms with Crippen LogP contribution in [-0.2, 0) is 6.42 Å². The molecule has 0 aliphatic heterocycles. The number of nitrogens with one attached hydrogen (secondary N) is 1. The van der Waals surface area contributed by atoms with E-state index in [9.17, 15) is 4.39 Å². The van der Waals surface area contributed by atoms with Crippen molar-refractivity contribution in [3.8, 4) is 0 Å². The van der Waals surface area contributed by atoms with Gasteiger partial charge >= 0.3 is 0 Å². The minimum absolute atomic E-state index is 0.114. The second-order valence-corrected chi connectivity index (χ2v) is 3.31. The van der Waals surface area contributed by atoms with E-state index in [1.807, 2.05) is 26.1 Å². The van der Waals surface area contributed by atoms with Gasteiger partial charge in [0.15, 0.2) is 0 Å². The van der Waals surface area contributed by atoms with E-state index < -0.39 is 0 Å². The van der Waals surface area contributed by atoms with E-state index in [0.717, 1.165) is 22.9 Å². The van der Waals surface area contributed by atoms with E-state index in [-0.39, 0.29) is 5.82 Å². The fourth-order valence-corrected chi connectivity index (χ4v) is 1.60. The Labute approximate surface area is 76.6 Å². The fraction of sp³-hybridized carbons (Fsp3) is 0.273. The minimum Gasteiger partial charge on any atom is -0.361 e. The van der Waals surface area contributed by atoms with Gasteiger partial charge in [0, 0.05) is 17.1 Å². The Kier molecular flexibility index (Phi) is 1.83. The van der Waals surface area contributed by atoms with E-state index in [1.54, 1.807) is 6.07 Å². The van der Waals surface area contributed by atoms with Crippen LogP contribution in [0.1, 0.15) is 18.1 Å². The van der Waals surface area contributed by atoms with Crippen LogP contribution >= 0.6 is 0 Å². The number of H-pyrrole nitrogens is 1. The number of fused-ring (bicyclic) bond motifs is 1. The molecule has 0 amide bonds. The van der Waals surface area contributed by atoms with Crippen molar-refractivity contribution in [1.82, 2.24) is 4.98 Å². The number of halogens is 1. The second-order valence-electron chi connectivity index (χ2n) is 3.31. The van der Waals surface area contributed by atoms with Crippen molar-refractivity contribution in [2.45, 2.75) is 20.3 Å². The molecule has 0 bridgehead atoms. The van der Waals surface area contributed by atoms with Crippen molar-refractivity contribution >= 4 is 10.9 Å². The Morgan fingerprint density at radius 3 is 2.85 bits per heavy atom. The van der Waals surface area contributed by atoms with Gasteiger partial charge in [-0.2, -0.15) is 0 Å². The van der Waals surface area contributed by atoms with Crippen molar-refractivity contribution in [2.24, 2.45) is 0 Å². The molecule has 0 aliphatic rings. The highest BCUT2D eigenvalue weighted by Gasteiger charge is 2.05. The first-order valence-corrected chi connectivity index (χ1v) is 4.48. The summed E-state index contributed by atoms with van der Waals surface area (Å²) >= 11 is 0. The molecule has 13 heavy (non-hydrogen) atoms. The molecule has 0 saturated carbocycles. The molecule has 1 aromatic carbocycles. The van der Waals surface area contributed by atoms with Crippen LogP contribution in [0.4, 0.5) is 4.39 Å². The second kappa shape index (κ2) is 2.87. The highest BCUT2D eigenvalue weighted by molar-refractivity contribution is 5.83. The van der Waals surface area contributed by atoms with Gasteiger partial charge in [-0.1, -0.05) is 6.92 Å². The Balaban J connectivity index is 2.77. The summed E-state index contributed by atoms with van der Waals surface area (Å²) in [5, 5.41) is 1.12. The number of hydrogen-bond donors (Lipinski definition) is 1. The van der Waals surface area contributed by atoms with E-state index in [4.69, 9.17) is 0 Å². The predicted octanol–water partition coefficient (Wildman–Crippen LogP) is 3.18. The third-order valence-electron chi connectivity index (χ3n) is 2.44. The predicted molar refractivity (Wildman–Crippen MR) is 52.4 cm³/mol.